The summed E-state index contributed by atoms with van der Waals surface area (Å²) in [5, 5.41) is 3.41. The Morgan fingerprint density at radius 3 is 2.61 bits per heavy atom. The summed E-state index contributed by atoms with van der Waals surface area (Å²) < 4.78 is 5.72. The highest BCUT2D eigenvalue weighted by molar-refractivity contribution is 7.11. The van der Waals surface area contributed by atoms with Crippen LogP contribution in [0.5, 0.6) is 5.75 Å². The summed E-state index contributed by atoms with van der Waals surface area (Å²) >= 11 is 1.82. The lowest BCUT2D eigenvalue weighted by molar-refractivity contribution is 0.310. The van der Waals surface area contributed by atoms with Gasteiger partial charge in [0, 0.05) is 16.3 Å². The van der Waals surface area contributed by atoms with E-state index in [1.807, 2.05) is 41.7 Å². The number of nitrogens with one attached hydrogen (secondary N) is 1. The number of benzene rings is 1. The molecule has 0 saturated carbocycles. The van der Waals surface area contributed by atoms with Crippen LogP contribution in [0.2, 0.25) is 0 Å². The van der Waals surface area contributed by atoms with Gasteiger partial charge in [-0.3, -0.25) is 0 Å². The highest BCUT2D eigenvalue weighted by Crippen LogP contribution is 2.19. The van der Waals surface area contributed by atoms with Crippen molar-refractivity contribution in [2.24, 2.45) is 0 Å². The van der Waals surface area contributed by atoms with E-state index in [4.69, 9.17) is 4.74 Å². The lowest BCUT2D eigenvalue weighted by atomic mass is 10.3. The van der Waals surface area contributed by atoms with Crippen molar-refractivity contribution in [2.45, 2.75) is 26.5 Å². The maximum Gasteiger partial charge on any atom is 0.122 e. The molecule has 96 valence electrons. The molecular weight excluding hydrogens is 242 g/mol. The Hall–Kier alpha value is -1.32. The smallest absolute Gasteiger partial charge is 0.122 e. The molecule has 1 aromatic heterocycles. The SMILES string of the molecule is CCCNCc1ccc(COc2ccccc2)s1. The monoisotopic (exact) mass is 261 g/mol. The zero-order chi connectivity index (χ0) is 12.6. The summed E-state index contributed by atoms with van der Waals surface area (Å²) in [5.74, 6) is 0.927. The van der Waals surface area contributed by atoms with Crippen molar-refractivity contribution in [1.82, 2.24) is 5.32 Å². The molecule has 0 aliphatic heterocycles. The number of thiophene rings is 1. The van der Waals surface area contributed by atoms with Crippen LogP contribution in [0.15, 0.2) is 42.5 Å². The maximum atomic E-state index is 5.72. The highest BCUT2D eigenvalue weighted by atomic mass is 32.1. The summed E-state index contributed by atoms with van der Waals surface area (Å²) in [4.78, 5) is 2.64. The molecule has 0 spiro atoms. The number of para-hydroxylation sites is 1. The average molecular weight is 261 g/mol. The second kappa shape index (κ2) is 7.19. The van der Waals surface area contributed by atoms with Crippen LogP contribution in [0.4, 0.5) is 0 Å². The molecule has 0 fully saturated rings. The molecule has 1 heterocycles. The van der Waals surface area contributed by atoms with Crippen molar-refractivity contribution >= 4 is 11.3 Å². The number of hydrogen-bond donors (Lipinski definition) is 1. The van der Waals surface area contributed by atoms with Crippen molar-refractivity contribution in [3.8, 4) is 5.75 Å². The molecule has 2 aromatic rings. The zero-order valence-electron chi connectivity index (χ0n) is 10.7. The van der Waals surface area contributed by atoms with Crippen LogP contribution >= 0.6 is 11.3 Å². The Balaban J connectivity index is 1.80. The van der Waals surface area contributed by atoms with E-state index in [-0.39, 0.29) is 0 Å². The minimum atomic E-state index is 0.655. The lowest BCUT2D eigenvalue weighted by Crippen LogP contribution is -2.12. The molecule has 0 aliphatic rings. The number of rotatable bonds is 7. The van der Waals surface area contributed by atoms with E-state index in [0.717, 1.165) is 18.8 Å². The van der Waals surface area contributed by atoms with Gasteiger partial charge in [0.15, 0.2) is 0 Å². The van der Waals surface area contributed by atoms with Gasteiger partial charge in [0.2, 0.25) is 0 Å². The molecule has 0 bridgehead atoms. The van der Waals surface area contributed by atoms with Crippen LogP contribution in [0.1, 0.15) is 23.1 Å². The minimum absolute atomic E-state index is 0.655. The molecule has 1 N–H and O–H groups in total. The Labute approximate surface area is 113 Å². The molecule has 0 amide bonds. The Bertz CT molecular complexity index is 453. The molecular formula is C15H19NOS. The first-order valence-electron chi connectivity index (χ1n) is 6.34. The Kier molecular flexibility index (Phi) is 5.24. The third-order valence-electron chi connectivity index (χ3n) is 2.57. The molecule has 0 unspecified atom stereocenters. The third kappa shape index (κ3) is 4.17. The fourth-order valence-corrected chi connectivity index (χ4v) is 2.56. The highest BCUT2D eigenvalue weighted by Gasteiger charge is 2.01. The van der Waals surface area contributed by atoms with Crippen LogP contribution in [0, 0.1) is 0 Å². The quantitative estimate of drug-likeness (QED) is 0.765. The van der Waals surface area contributed by atoms with Gasteiger partial charge < -0.3 is 10.1 Å². The topological polar surface area (TPSA) is 21.3 Å². The molecule has 3 heteroatoms. The summed E-state index contributed by atoms with van der Waals surface area (Å²) in [6.45, 7) is 4.88. The molecule has 1 aromatic carbocycles. The normalized spacial score (nSPS) is 10.5. The number of ether oxygens (including phenoxy) is 1. The standard InChI is InChI=1S/C15H19NOS/c1-2-10-16-11-14-8-9-15(18-14)12-17-13-6-4-3-5-7-13/h3-9,16H,2,10-12H2,1H3. The van der Waals surface area contributed by atoms with Gasteiger partial charge in [-0.15, -0.1) is 11.3 Å². The van der Waals surface area contributed by atoms with E-state index < -0.39 is 0 Å². The molecule has 0 radical (unpaired) electrons. The first-order chi connectivity index (χ1) is 8.88. The van der Waals surface area contributed by atoms with E-state index in [1.165, 1.54) is 16.2 Å². The summed E-state index contributed by atoms with van der Waals surface area (Å²) in [7, 11) is 0. The van der Waals surface area contributed by atoms with Gasteiger partial charge in [-0.25, -0.2) is 0 Å². The van der Waals surface area contributed by atoms with Gasteiger partial charge in [0.25, 0.3) is 0 Å². The first-order valence-corrected chi connectivity index (χ1v) is 7.16. The van der Waals surface area contributed by atoms with E-state index in [1.54, 1.807) is 0 Å². The molecule has 2 nitrogen and oxygen atoms in total. The van der Waals surface area contributed by atoms with Crippen LogP contribution in [-0.2, 0) is 13.2 Å². The maximum absolute atomic E-state index is 5.72. The molecule has 18 heavy (non-hydrogen) atoms. The van der Waals surface area contributed by atoms with Gasteiger partial charge in [-0.05, 0) is 37.2 Å². The fourth-order valence-electron chi connectivity index (χ4n) is 1.65. The van der Waals surface area contributed by atoms with Crippen molar-refractivity contribution < 1.29 is 4.74 Å². The van der Waals surface area contributed by atoms with E-state index >= 15 is 0 Å². The van der Waals surface area contributed by atoms with Gasteiger partial charge in [0.1, 0.15) is 12.4 Å². The van der Waals surface area contributed by atoms with Crippen LogP contribution in [0.25, 0.3) is 0 Å². The average Bonchev–Trinajstić information content (AvgIpc) is 2.86. The Morgan fingerprint density at radius 1 is 1.06 bits per heavy atom. The predicted octanol–water partition coefficient (Wildman–Crippen LogP) is 3.83. The molecule has 0 atom stereocenters. The van der Waals surface area contributed by atoms with Crippen molar-refractivity contribution in [3.05, 3.63) is 52.2 Å². The van der Waals surface area contributed by atoms with Crippen LogP contribution in [-0.4, -0.2) is 6.54 Å². The second-order valence-corrected chi connectivity index (χ2v) is 5.40. The van der Waals surface area contributed by atoms with Gasteiger partial charge in [-0.2, -0.15) is 0 Å². The second-order valence-electron chi connectivity index (χ2n) is 4.15. The summed E-state index contributed by atoms with van der Waals surface area (Å²) in [6.07, 6.45) is 1.18. The van der Waals surface area contributed by atoms with Crippen LogP contribution < -0.4 is 10.1 Å². The van der Waals surface area contributed by atoms with Crippen molar-refractivity contribution in [1.29, 1.82) is 0 Å². The minimum Gasteiger partial charge on any atom is -0.488 e. The third-order valence-corrected chi connectivity index (χ3v) is 3.63. The number of hydrogen-bond acceptors (Lipinski definition) is 3. The van der Waals surface area contributed by atoms with E-state index in [0.29, 0.717) is 6.61 Å². The van der Waals surface area contributed by atoms with E-state index in [9.17, 15) is 0 Å². The first kappa shape index (κ1) is 13.1. The molecule has 0 saturated heterocycles. The lowest BCUT2D eigenvalue weighted by Gasteiger charge is -2.03. The Morgan fingerprint density at radius 2 is 1.83 bits per heavy atom. The van der Waals surface area contributed by atoms with E-state index in [2.05, 4.69) is 24.4 Å². The van der Waals surface area contributed by atoms with Crippen LogP contribution in [0.3, 0.4) is 0 Å². The van der Waals surface area contributed by atoms with Crippen molar-refractivity contribution in [2.75, 3.05) is 6.54 Å². The predicted molar refractivity (Wildman–Crippen MR) is 77.1 cm³/mol. The summed E-state index contributed by atoms with van der Waals surface area (Å²) in [5.41, 5.74) is 0. The van der Waals surface area contributed by atoms with Gasteiger partial charge in [-0.1, -0.05) is 25.1 Å². The zero-order valence-corrected chi connectivity index (χ0v) is 11.5. The fraction of sp³-hybridized carbons (Fsp3) is 0.333. The van der Waals surface area contributed by atoms with Gasteiger partial charge >= 0.3 is 0 Å². The largest absolute Gasteiger partial charge is 0.488 e. The summed E-state index contributed by atoms with van der Waals surface area (Å²) in [6, 6.07) is 14.3. The van der Waals surface area contributed by atoms with Crippen molar-refractivity contribution in [3.63, 3.8) is 0 Å². The molecule has 0 aliphatic carbocycles. The van der Waals surface area contributed by atoms with Gasteiger partial charge in [0.05, 0.1) is 0 Å². The molecule has 2 rings (SSSR count).